The second kappa shape index (κ2) is 15.0. The van der Waals surface area contributed by atoms with E-state index in [1.807, 2.05) is 0 Å². The first-order valence-corrected chi connectivity index (χ1v) is 13.8. The second-order valence-corrected chi connectivity index (χ2v) is 10.8. The first kappa shape index (κ1) is 29.8. The molecule has 9 nitrogen and oxygen atoms in total. The third kappa shape index (κ3) is 11.1. The van der Waals surface area contributed by atoms with Crippen molar-refractivity contribution in [2.75, 3.05) is 30.3 Å². The first-order valence-electron chi connectivity index (χ1n) is 12.2. The van der Waals surface area contributed by atoms with E-state index < -0.39 is 22.0 Å². The van der Waals surface area contributed by atoms with E-state index in [2.05, 4.69) is 9.98 Å². The summed E-state index contributed by atoms with van der Waals surface area (Å²) in [4.78, 5) is 14.7. The minimum atomic E-state index is -4.83. The standard InChI is InChI=1S/C23H35F3N6O3S/c24-23(25,26)18-36(33,34)32(35-17-20-9-5-4-6-10-20)16-8-3-1-2-7-15-31(22(28)30-19-27)21-11-13-29-14-12-21/h11-14,20H,1-10,15-18H2,(H2,28,30). The maximum atomic E-state index is 12.8. The molecule has 0 saturated heterocycles. The number of unbranched alkanes of at least 4 members (excludes halogenated alkanes) is 4. The van der Waals surface area contributed by atoms with E-state index in [0.29, 0.717) is 23.9 Å². The van der Waals surface area contributed by atoms with Gasteiger partial charge in [0.15, 0.2) is 5.75 Å². The molecular formula is C23H35F3N6O3S. The monoisotopic (exact) mass is 532 g/mol. The summed E-state index contributed by atoms with van der Waals surface area (Å²) >= 11 is 0. The number of nitrogens with zero attached hydrogens (tertiary/aromatic N) is 5. The van der Waals surface area contributed by atoms with Crippen molar-refractivity contribution in [1.82, 2.24) is 9.45 Å². The number of halogens is 3. The van der Waals surface area contributed by atoms with Gasteiger partial charge in [0, 0.05) is 31.2 Å². The molecule has 1 saturated carbocycles. The third-order valence-electron chi connectivity index (χ3n) is 5.97. The molecule has 2 rings (SSSR count). The number of nitrogens with two attached hydrogens (primary N) is 1. The summed E-state index contributed by atoms with van der Waals surface area (Å²) < 4.78 is 63.7. The molecule has 0 radical (unpaired) electrons. The van der Waals surface area contributed by atoms with Crippen molar-refractivity contribution in [1.29, 1.82) is 5.26 Å². The molecule has 1 aromatic heterocycles. The number of aromatic nitrogens is 1. The van der Waals surface area contributed by atoms with E-state index in [1.54, 1.807) is 35.6 Å². The molecule has 0 atom stereocenters. The maximum absolute atomic E-state index is 12.8. The van der Waals surface area contributed by atoms with Crippen molar-refractivity contribution in [3.63, 3.8) is 0 Å². The van der Waals surface area contributed by atoms with E-state index >= 15 is 0 Å². The molecule has 1 aliphatic rings. The number of alkyl halides is 3. The Morgan fingerprint density at radius 3 is 2.33 bits per heavy atom. The van der Waals surface area contributed by atoms with Crippen molar-refractivity contribution in [3.05, 3.63) is 24.5 Å². The third-order valence-corrected chi connectivity index (χ3v) is 7.57. The van der Waals surface area contributed by atoms with Crippen molar-refractivity contribution < 1.29 is 26.4 Å². The molecule has 0 bridgehead atoms. The van der Waals surface area contributed by atoms with Crippen LogP contribution in [0.25, 0.3) is 0 Å². The summed E-state index contributed by atoms with van der Waals surface area (Å²) in [5.41, 5.74) is 6.65. The van der Waals surface area contributed by atoms with Gasteiger partial charge in [0.05, 0.1) is 6.61 Å². The normalized spacial score (nSPS) is 15.7. The van der Waals surface area contributed by atoms with Crippen molar-refractivity contribution in [3.8, 4) is 6.19 Å². The molecule has 13 heteroatoms. The average Bonchev–Trinajstić information content (AvgIpc) is 2.82. The molecule has 1 heterocycles. The lowest BCUT2D eigenvalue weighted by Gasteiger charge is -2.26. The molecule has 1 aliphatic carbocycles. The largest absolute Gasteiger partial charge is 0.404 e. The number of hydrogen-bond acceptors (Lipinski definition) is 6. The van der Waals surface area contributed by atoms with Crippen LogP contribution in [0.15, 0.2) is 29.5 Å². The van der Waals surface area contributed by atoms with Crippen LogP contribution in [-0.2, 0) is 14.9 Å². The van der Waals surface area contributed by atoms with Crippen LogP contribution in [0.3, 0.4) is 0 Å². The van der Waals surface area contributed by atoms with E-state index in [9.17, 15) is 21.6 Å². The Kier molecular flexibility index (Phi) is 12.4. The highest BCUT2D eigenvalue weighted by Crippen LogP contribution is 2.26. The topological polar surface area (TPSA) is 125 Å². The van der Waals surface area contributed by atoms with Gasteiger partial charge < -0.3 is 10.6 Å². The van der Waals surface area contributed by atoms with Crippen LogP contribution in [0, 0.1) is 17.4 Å². The number of nitriles is 1. The van der Waals surface area contributed by atoms with E-state index in [4.69, 9.17) is 15.8 Å². The number of anilines is 1. The van der Waals surface area contributed by atoms with Crippen molar-refractivity contribution in [2.24, 2.45) is 16.6 Å². The summed E-state index contributed by atoms with van der Waals surface area (Å²) in [5.74, 6) is -1.69. The Morgan fingerprint density at radius 1 is 1.11 bits per heavy atom. The van der Waals surface area contributed by atoms with E-state index in [-0.39, 0.29) is 25.0 Å². The smallest absolute Gasteiger partial charge is 0.369 e. The summed E-state index contributed by atoms with van der Waals surface area (Å²) in [6.45, 7) is 0.515. The molecule has 0 amide bonds. The molecule has 2 N–H and O–H groups in total. The number of pyridine rings is 1. The van der Waals surface area contributed by atoms with Gasteiger partial charge >= 0.3 is 6.18 Å². The Bertz CT molecular complexity index is 948. The summed E-state index contributed by atoms with van der Waals surface area (Å²) in [6.07, 6.45) is 8.27. The van der Waals surface area contributed by atoms with Crippen molar-refractivity contribution in [2.45, 2.75) is 70.4 Å². The molecule has 202 valence electrons. The first-order chi connectivity index (χ1) is 17.1. The van der Waals surface area contributed by atoms with Gasteiger partial charge in [-0.3, -0.25) is 9.82 Å². The van der Waals surface area contributed by atoms with Gasteiger partial charge in [-0.25, -0.2) is 8.42 Å². The number of guanidine groups is 1. The zero-order chi connectivity index (χ0) is 26.4. The van der Waals surface area contributed by atoms with Crippen LogP contribution in [0.5, 0.6) is 0 Å². The van der Waals surface area contributed by atoms with Gasteiger partial charge in [-0.1, -0.05) is 43.0 Å². The lowest BCUT2D eigenvalue weighted by atomic mass is 9.90. The predicted molar refractivity (Wildman–Crippen MR) is 131 cm³/mol. The Hall–Kier alpha value is -2.43. The minimum absolute atomic E-state index is 0.0735. The summed E-state index contributed by atoms with van der Waals surface area (Å²) in [6, 6.07) is 3.51. The Morgan fingerprint density at radius 2 is 1.72 bits per heavy atom. The molecule has 0 unspecified atom stereocenters. The SMILES string of the molecule is N#CN=C(N)N(CCCCCCCN(OCC1CCCCC1)S(=O)(=O)CC(F)(F)F)c1ccncc1. The molecule has 36 heavy (non-hydrogen) atoms. The summed E-state index contributed by atoms with van der Waals surface area (Å²) in [7, 11) is -4.61. The highest BCUT2D eigenvalue weighted by Gasteiger charge is 2.39. The van der Waals surface area contributed by atoms with Gasteiger partial charge in [0.25, 0.3) is 0 Å². The predicted octanol–water partition coefficient (Wildman–Crippen LogP) is 4.34. The van der Waals surface area contributed by atoms with Gasteiger partial charge in [-0.05, 0) is 43.7 Å². The minimum Gasteiger partial charge on any atom is -0.369 e. The Balaban J connectivity index is 1.81. The van der Waals surface area contributed by atoms with Gasteiger partial charge in [-0.15, -0.1) is 4.99 Å². The number of aliphatic imine (C=N–C) groups is 1. The van der Waals surface area contributed by atoms with Crippen LogP contribution in [-0.4, -0.2) is 55.5 Å². The molecule has 1 fully saturated rings. The number of hydrogen-bond donors (Lipinski definition) is 1. The average molecular weight is 533 g/mol. The fourth-order valence-electron chi connectivity index (χ4n) is 4.16. The summed E-state index contributed by atoms with van der Waals surface area (Å²) in [5, 5.41) is 8.80. The van der Waals surface area contributed by atoms with Crippen LogP contribution in [0.2, 0.25) is 0 Å². The quantitative estimate of drug-likeness (QED) is 0.124. The van der Waals surface area contributed by atoms with Gasteiger partial charge in [0.2, 0.25) is 22.2 Å². The zero-order valence-electron chi connectivity index (χ0n) is 20.4. The van der Waals surface area contributed by atoms with Crippen LogP contribution in [0.4, 0.5) is 18.9 Å². The number of rotatable bonds is 14. The molecule has 0 spiro atoms. The number of sulfonamides is 1. The fraction of sp³-hybridized carbons (Fsp3) is 0.696. The van der Waals surface area contributed by atoms with Crippen LogP contribution < -0.4 is 10.6 Å². The zero-order valence-corrected chi connectivity index (χ0v) is 21.2. The van der Waals surface area contributed by atoms with Gasteiger partial charge in [-0.2, -0.15) is 18.4 Å². The fourth-order valence-corrected chi connectivity index (χ4v) is 5.34. The van der Waals surface area contributed by atoms with E-state index in [1.165, 1.54) is 0 Å². The number of hydroxylamine groups is 1. The maximum Gasteiger partial charge on any atom is 0.404 e. The lowest BCUT2D eigenvalue weighted by Crippen LogP contribution is -2.39. The van der Waals surface area contributed by atoms with Crippen molar-refractivity contribution >= 4 is 21.7 Å². The van der Waals surface area contributed by atoms with E-state index in [0.717, 1.165) is 57.1 Å². The molecule has 1 aromatic rings. The highest BCUT2D eigenvalue weighted by molar-refractivity contribution is 7.89. The highest BCUT2D eigenvalue weighted by atomic mass is 32.2. The lowest BCUT2D eigenvalue weighted by molar-refractivity contribution is -0.121. The van der Waals surface area contributed by atoms with Gasteiger partial charge in [0.1, 0.15) is 0 Å². The molecular weight excluding hydrogens is 497 g/mol. The molecule has 0 aliphatic heterocycles. The van der Waals surface area contributed by atoms with Crippen LogP contribution >= 0.6 is 0 Å². The Labute approximate surface area is 211 Å². The molecule has 0 aromatic carbocycles. The second-order valence-electron chi connectivity index (χ2n) is 8.89. The van der Waals surface area contributed by atoms with Crippen LogP contribution in [0.1, 0.15) is 64.2 Å².